The summed E-state index contributed by atoms with van der Waals surface area (Å²) in [5, 5.41) is 5.08. The van der Waals surface area contributed by atoms with Gasteiger partial charge in [0, 0.05) is 30.6 Å². The van der Waals surface area contributed by atoms with E-state index >= 15 is 0 Å². The molecule has 2 aliphatic rings. The fraction of sp³-hybridized carbons (Fsp3) is 0.600. The highest BCUT2D eigenvalue weighted by Crippen LogP contribution is 2.38. The van der Waals surface area contributed by atoms with Gasteiger partial charge < -0.3 is 4.74 Å². The second kappa shape index (κ2) is 6.78. The fourth-order valence-electron chi connectivity index (χ4n) is 2.86. The molecule has 2 N–H and O–H groups in total. The zero-order valence-corrected chi connectivity index (χ0v) is 14.1. The third-order valence-electron chi connectivity index (χ3n) is 4.25. The number of hydrogen-bond acceptors (Lipinski definition) is 5. The van der Waals surface area contributed by atoms with Crippen molar-refractivity contribution in [2.45, 2.75) is 23.8 Å². The maximum Gasteiger partial charge on any atom is 0.238 e. The van der Waals surface area contributed by atoms with E-state index in [0.717, 1.165) is 19.0 Å². The predicted molar refractivity (Wildman–Crippen MR) is 88.7 cm³/mol. The fourth-order valence-corrected chi connectivity index (χ4v) is 4.63. The molecule has 3 rings (SSSR count). The highest BCUT2D eigenvalue weighted by Gasteiger charge is 2.36. The summed E-state index contributed by atoms with van der Waals surface area (Å²) in [4.78, 5) is 2.66. The van der Waals surface area contributed by atoms with Gasteiger partial charge in [-0.15, -0.1) is 0 Å². The predicted octanol–water partition coefficient (Wildman–Crippen LogP) is 1.54. The molecule has 1 aromatic carbocycles. The van der Waals surface area contributed by atoms with Crippen LogP contribution >= 0.6 is 11.8 Å². The van der Waals surface area contributed by atoms with E-state index in [1.165, 1.54) is 36.5 Å². The van der Waals surface area contributed by atoms with Crippen LogP contribution in [0.2, 0.25) is 0 Å². The Morgan fingerprint density at radius 3 is 2.64 bits per heavy atom. The van der Waals surface area contributed by atoms with Gasteiger partial charge in [-0.3, -0.25) is 4.90 Å². The van der Waals surface area contributed by atoms with Crippen molar-refractivity contribution in [3.63, 3.8) is 0 Å². The summed E-state index contributed by atoms with van der Waals surface area (Å²) >= 11 is 2.06. The van der Waals surface area contributed by atoms with Crippen LogP contribution in [-0.2, 0) is 10.0 Å². The molecule has 0 bridgehead atoms. The first-order valence-electron chi connectivity index (χ1n) is 7.61. The number of benzene rings is 1. The molecule has 0 spiro atoms. The van der Waals surface area contributed by atoms with Crippen LogP contribution in [0.5, 0.6) is 5.75 Å². The Kier molecular flexibility index (Phi) is 4.97. The van der Waals surface area contributed by atoms with Crippen molar-refractivity contribution in [3.05, 3.63) is 24.3 Å². The van der Waals surface area contributed by atoms with E-state index in [1.54, 1.807) is 12.1 Å². The van der Waals surface area contributed by atoms with Gasteiger partial charge >= 0.3 is 0 Å². The molecule has 122 valence electrons. The van der Waals surface area contributed by atoms with Crippen LogP contribution in [-0.4, -0.2) is 50.6 Å². The number of hydrogen-bond donors (Lipinski definition) is 1. The van der Waals surface area contributed by atoms with Gasteiger partial charge in [-0.2, -0.15) is 11.8 Å². The lowest BCUT2D eigenvalue weighted by Gasteiger charge is -2.35. The lowest BCUT2D eigenvalue weighted by Crippen LogP contribution is -2.45. The highest BCUT2D eigenvalue weighted by molar-refractivity contribution is 7.99. The SMILES string of the molecule is NS(=O)(=O)c1ccc(OCCN2CCSC[C@H]2C2CC2)cc1. The molecule has 1 saturated heterocycles. The second-order valence-electron chi connectivity index (χ2n) is 5.88. The first kappa shape index (κ1) is 16.1. The molecule has 1 atom stereocenters. The molecule has 0 radical (unpaired) electrons. The molecule has 5 nitrogen and oxygen atoms in total. The summed E-state index contributed by atoms with van der Waals surface area (Å²) in [6, 6.07) is 6.99. The Bertz CT molecular complexity index is 600. The molecule has 1 saturated carbocycles. The minimum absolute atomic E-state index is 0.113. The zero-order valence-electron chi connectivity index (χ0n) is 12.5. The molecule has 0 unspecified atom stereocenters. The molecular weight excluding hydrogens is 320 g/mol. The number of rotatable bonds is 6. The van der Waals surface area contributed by atoms with Crippen LogP contribution in [0.4, 0.5) is 0 Å². The first-order chi connectivity index (χ1) is 10.5. The van der Waals surface area contributed by atoms with Crippen LogP contribution in [0.25, 0.3) is 0 Å². The maximum absolute atomic E-state index is 11.2. The Morgan fingerprint density at radius 1 is 1.27 bits per heavy atom. The van der Waals surface area contributed by atoms with Crippen molar-refractivity contribution >= 4 is 21.8 Å². The Labute approximate surface area is 136 Å². The molecule has 0 aromatic heterocycles. The molecule has 0 amide bonds. The molecular formula is C15H22N2O3S2. The van der Waals surface area contributed by atoms with E-state index in [4.69, 9.17) is 9.88 Å². The first-order valence-corrected chi connectivity index (χ1v) is 10.3. The van der Waals surface area contributed by atoms with E-state index in [1.807, 2.05) is 0 Å². The number of sulfonamides is 1. The smallest absolute Gasteiger partial charge is 0.238 e. The third kappa shape index (κ3) is 4.16. The molecule has 1 aliphatic carbocycles. The monoisotopic (exact) mass is 342 g/mol. The minimum atomic E-state index is -3.63. The van der Waals surface area contributed by atoms with Crippen molar-refractivity contribution in [1.29, 1.82) is 0 Å². The topological polar surface area (TPSA) is 72.6 Å². The molecule has 7 heteroatoms. The summed E-state index contributed by atoms with van der Waals surface area (Å²) in [5.41, 5.74) is 0. The molecule has 1 aromatic rings. The van der Waals surface area contributed by atoms with E-state index in [9.17, 15) is 8.42 Å². The number of nitrogens with zero attached hydrogens (tertiary/aromatic N) is 1. The summed E-state index contributed by atoms with van der Waals surface area (Å²) in [6.07, 6.45) is 2.75. The van der Waals surface area contributed by atoms with Crippen LogP contribution in [0.1, 0.15) is 12.8 Å². The van der Waals surface area contributed by atoms with Crippen molar-refractivity contribution in [2.24, 2.45) is 11.1 Å². The lowest BCUT2D eigenvalue weighted by atomic mass is 10.2. The van der Waals surface area contributed by atoms with E-state index < -0.39 is 10.0 Å². The Morgan fingerprint density at radius 2 is 2.00 bits per heavy atom. The number of ether oxygens (including phenoxy) is 1. The van der Waals surface area contributed by atoms with E-state index in [2.05, 4.69) is 16.7 Å². The zero-order chi connectivity index (χ0) is 15.6. The standard InChI is InChI=1S/C15H22N2O3S2/c16-22(18,19)14-5-3-13(4-6-14)20-9-7-17-8-10-21-11-15(17)12-1-2-12/h3-6,12,15H,1-2,7-11H2,(H2,16,18,19)/t15-/m0/s1. The summed E-state index contributed by atoms with van der Waals surface area (Å²) in [7, 11) is -3.63. The van der Waals surface area contributed by atoms with Crippen LogP contribution in [0.3, 0.4) is 0 Å². The average Bonchev–Trinajstić information content (AvgIpc) is 3.32. The van der Waals surface area contributed by atoms with Gasteiger partial charge in [0.2, 0.25) is 10.0 Å². The minimum Gasteiger partial charge on any atom is -0.492 e. The highest BCUT2D eigenvalue weighted by atomic mass is 32.2. The second-order valence-corrected chi connectivity index (χ2v) is 8.59. The summed E-state index contributed by atoms with van der Waals surface area (Å²) < 4.78 is 28.1. The van der Waals surface area contributed by atoms with Crippen molar-refractivity contribution in [2.75, 3.05) is 31.2 Å². The maximum atomic E-state index is 11.2. The average molecular weight is 342 g/mol. The van der Waals surface area contributed by atoms with Crippen LogP contribution < -0.4 is 9.88 Å². The van der Waals surface area contributed by atoms with E-state index in [-0.39, 0.29) is 4.90 Å². The van der Waals surface area contributed by atoms with E-state index in [0.29, 0.717) is 18.4 Å². The Balaban J connectivity index is 1.50. The van der Waals surface area contributed by atoms with Crippen molar-refractivity contribution in [3.8, 4) is 5.75 Å². The Hall–Kier alpha value is -0.760. The molecule has 22 heavy (non-hydrogen) atoms. The van der Waals surface area contributed by atoms with Gasteiger partial charge in [0.05, 0.1) is 4.90 Å². The molecule has 1 aliphatic heterocycles. The molecule has 2 fully saturated rings. The largest absolute Gasteiger partial charge is 0.492 e. The normalized spacial score (nSPS) is 23.4. The van der Waals surface area contributed by atoms with Gasteiger partial charge in [0.1, 0.15) is 12.4 Å². The lowest BCUT2D eigenvalue weighted by molar-refractivity contribution is 0.161. The number of thioether (sulfide) groups is 1. The van der Waals surface area contributed by atoms with Gasteiger partial charge in [-0.05, 0) is 43.0 Å². The number of primary sulfonamides is 1. The van der Waals surface area contributed by atoms with Gasteiger partial charge in [-0.1, -0.05) is 0 Å². The van der Waals surface area contributed by atoms with Crippen LogP contribution in [0.15, 0.2) is 29.2 Å². The van der Waals surface area contributed by atoms with Gasteiger partial charge in [0.25, 0.3) is 0 Å². The summed E-state index contributed by atoms with van der Waals surface area (Å²) in [6.45, 7) is 2.70. The summed E-state index contributed by atoms with van der Waals surface area (Å²) in [5.74, 6) is 4.02. The van der Waals surface area contributed by atoms with Crippen LogP contribution in [0, 0.1) is 5.92 Å². The quantitative estimate of drug-likeness (QED) is 0.849. The van der Waals surface area contributed by atoms with Crippen molar-refractivity contribution in [1.82, 2.24) is 4.90 Å². The number of nitrogens with two attached hydrogens (primary N) is 1. The van der Waals surface area contributed by atoms with Gasteiger partial charge in [-0.25, -0.2) is 13.6 Å². The van der Waals surface area contributed by atoms with Gasteiger partial charge in [0.15, 0.2) is 0 Å². The third-order valence-corrected chi connectivity index (χ3v) is 6.22. The van der Waals surface area contributed by atoms with Crippen molar-refractivity contribution < 1.29 is 13.2 Å². The molecule has 1 heterocycles.